The van der Waals surface area contributed by atoms with E-state index in [1.54, 1.807) is 7.11 Å². The van der Waals surface area contributed by atoms with Crippen molar-refractivity contribution in [2.45, 2.75) is 5.92 Å². The van der Waals surface area contributed by atoms with Crippen LogP contribution in [-0.4, -0.2) is 33.9 Å². The van der Waals surface area contributed by atoms with Crippen molar-refractivity contribution in [2.75, 3.05) is 27.9 Å². The number of ether oxygens (including phenoxy) is 3. The molecule has 0 aromatic heterocycles. The highest BCUT2D eigenvalue weighted by molar-refractivity contribution is 5.90. The van der Waals surface area contributed by atoms with Gasteiger partial charge in [-0.2, -0.15) is 5.26 Å². The topological polar surface area (TPSA) is 68.5 Å². The first-order valence-electron chi connectivity index (χ1n) is 9.22. The van der Waals surface area contributed by atoms with Crippen LogP contribution >= 0.6 is 0 Å². The van der Waals surface area contributed by atoms with Gasteiger partial charge in [0.25, 0.3) is 0 Å². The number of carbonyl (C=O) groups excluding carboxylic acids is 1. The first-order valence-corrected chi connectivity index (χ1v) is 9.22. The number of esters is 1. The Morgan fingerprint density at radius 3 is 2.31 bits per heavy atom. The van der Waals surface area contributed by atoms with Gasteiger partial charge in [-0.15, -0.1) is 0 Å². The van der Waals surface area contributed by atoms with Gasteiger partial charge in [0, 0.05) is 18.6 Å². The number of methoxy groups -OCH3 is 3. The van der Waals surface area contributed by atoms with Gasteiger partial charge in [-0.1, -0.05) is 60.7 Å². The van der Waals surface area contributed by atoms with Crippen LogP contribution in [-0.2, 0) is 14.3 Å². The quantitative estimate of drug-likeness (QED) is 0.563. The van der Waals surface area contributed by atoms with E-state index in [4.69, 9.17) is 14.2 Å². The third-order valence-electron chi connectivity index (χ3n) is 5.20. The minimum Gasteiger partial charge on any atom is -0.496 e. The molecule has 3 rings (SSSR count). The number of carbonyl (C=O) groups is 1. The second kappa shape index (κ2) is 8.76. The van der Waals surface area contributed by atoms with Gasteiger partial charge in [-0.3, -0.25) is 4.79 Å². The summed E-state index contributed by atoms with van der Waals surface area (Å²) < 4.78 is 16.0. The van der Waals surface area contributed by atoms with Gasteiger partial charge in [0.15, 0.2) is 5.41 Å². The minimum atomic E-state index is -1.59. The predicted octanol–water partition coefficient (Wildman–Crippen LogP) is 4.31. The fourth-order valence-corrected chi connectivity index (χ4v) is 3.92. The van der Waals surface area contributed by atoms with Crippen LogP contribution in [0.2, 0.25) is 0 Å². The molecule has 3 aromatic rings. The molecule has 0 unspecified atom stereocenters. The maximum absolute atomic E-state index is 13.0. The summed E-state index contributed by atoms with van der Waals surface area (Å²) in [6.45, 7) is -0.123. The van der Waals surface area contributed by atoms with Crippen molar-refractivity contribution in [3.05, 3.63) is 77.9 Å². The Morgan fingerprint density at radius 1 is 0.966 bits per heavy atom. The Morgan fingerprint density at radius 2 is 1.62 bits per heavy atom. The van der Waals surface area contributed by atoms with E-state index in [1.807, 2.05) is 66.7 Å². The van der Waals surface area contributed by atoms with Crippen LogP contribution in [0.5, 0.6) is 5.75 Å². The van der Waals surface area contributed by atoms with Gasteiger partial charge in [0.2, 0.25) is 0 Å². The van der Waals surface area contributed by atoms with Gasteiger partial charge < -0.3 is 14.2 Å². The average molecular weight is 389 g/mol. The van der Waals surface area contributed by atoms with E-state index in [2.05, 4.69) is 6.07 Å². The summed E-state index contributed by atoms with van der Waals surface area (Å²) in [5.74, 6) is -0.724. The summed E-state index contributed by atoms with van der Waals surface area (Å²) in [5.41, 5.74) is -0.0469. The molecule has 0 bridgehead atoms. The molecule has 0 saturated heterocycles. The Hall–Kier alpha value is -3.36. The van der Waals surface area contributed by atoms with Crippen molar-refractivity contribution in [3.63, 3.8) is 0 Å². The van der Waals surface area contributed by atoms with Crippen LogP contribution in [0.25, 0.3) is 10.8 Å². The van der Waals surface area contributed by atoms with Crippen molar-refractivity contribution >= 4 is 16.7 Å². The van der Waals surface area contributed by atoms with E-state index in [-0.39, 0.29) is 6.61 Å². The normalized spacial score (nSPS) is 13.9. The van der Waals surface area contributed by atoms with Gasteiger partial charge in [-0.25, -0.2) is 0 Å². The van der Waals surface area contributed by atoms with Gasteiger partial charge in [0.05, 0.1) is 26.9 Å². The Bertz CT molecular complexity index is 1050. The molecule has 2 atom stereocenters. The van der Waals surface area contributed by atoms with Crippen molar-refractivity contribution in [2.24, 2.45) is 5.41 Å². The lowest BCUT2D eigenvalue weighted by Crippen LogP contribution is -2.42. The summed E-state index contributed by atoms with van der Waals surface area (Å²) in [6.07, 6.45) is 0. The summed E-state index contributed by atoms with van der Waals surface area (Å²) in [6, 6.07) is 23.4. The van der Waals surface area contributed by atoms with Gasteiger partial charge in [0.1, 0.15) is 5.75 Å². The largest absolute Gasteiger partial charge is 0.496 e. The molecule has 0 saturated carbocycles. The highest BCUT2D eigenvalue weighted by Crippen LogP contribution is 2.47. The van der Waals surface area contributed by atoms with Crippen LogP contribution in [0.3, 0.4) is 0 Å². The van der Waals surface area contributed by atoms with E-state index in [9.17, 15) is 10.1 Å². The lowest BCUT2D eigenvalue weighted by atomic mass is 9.68. The average Bonchev–Trinajstić information content (AvgIpc) is 2.78. The maximum Gasteiger partial charge on any atom is 0.329 e. The molecule has 5 nitrogen and oxygen atoms in total. The number of nitriles is 1. The van der Waals surface area contributed by atoms with Crippen LogP contribution < -0.4 is 4.74 Å². The zero-order valence-electron chi connectivity index (χ0n) is 16.7. The second-order valence-corrected chi connectivity index (χ2v) is 6.75. The van der Waals surface area contributed by atoms with Crippen molar-refractivity contribution in [1.29, 1.82) is 5.26 Å². The molecule has 0 aliphatic rings. The fraction of sp³-hybridized carbons (Fsp3) is 0.250. The van der Waals surface area contributed by atoms with Crippen LogP contribution in [0, 0.1) is 16.7 Å². The molecule has 0 radical (unpaired) electrons. The first-order chi connectivity index (χ1) is 14.1. The molecular weight excluding hydrogens is 366 g/mol. The van der Waals surface area contributed by atoms with Crippen LogP contribution in [0.1, 0.15) is 17.0 Å². The predicted molar refractivity (Wildman–Crippen MR) is 111 cm³/mol. The highest BCUT2D eigenvalue weighted by atomic mass is 16.5. The number of fused-ring (bicyclic) bond motifs is 1. The monoisotopic (exact) mass is 389 g/mol. The number of hydrogen-bond acceptors (Lipinski definition) is 5. The standard InChI is InChI=1S/C24H23NO4/c1-27-16-24(15-25,23(26)29-3)22(20-12-6-7-14-21(20)28-2)19-13-8-10-17-9-4-5-11-18(17)19/h4-14,22H,16H2,1-3H3/t22-,24+/m1/s1. The Kier molecular flexibility index (Phi) is 6.16. The molecule has 0 aliphatic heterocycles. The lowest BCUT2D eigenvalue weighted by Gasteiger charge is -2.34. The Balaban J connectivity index is 2.42. The molecule has 0 fully saturated rings. The molecule has 0 aliphatic carbocycles. The zero-order valence-corrected chi connectivity index (χ0v) is 16.7. The SMILES string of the molecule is COC[C@](C#N)(C(=O)OC)[C@@H](c1ccccc1OC)c1cccc2ccccc12. The lowest BCUT2D eigenvalue weighted by molar-refractivity contribution is -0.152. The number of benzene rings is 3. The number of rotatable bonds is 7. The van der Waals surface area contributed by atoms with E-state index in [1.165, 1.54) is 14.2 Å². The molecule has 5 heteroatoms. The summed E-state index contributed by atoms with van der Waals surface area (Å²) >= 11 is 0. The Labute approximate surface area is 170 Å². The maximum atomic E-state index is 13.0. The van der Waals surface area contributed by atoms with Crippen molar-refractivity contribution in [3.8, 4) is 11.8 Å². The van der Waals surface area contributed by atoms with E-state index < -0.39 is 17.3 Å². The molecule has 0 N–H and O–H groups in total. The smallest absolute Gasteiger partial charge is 0.329 e. The van der Waals surface area contributed by atoms with Crippen LogP contribution in [0.15, 0.2) is 66.7 Å². The number of nitrogens with zero attached hydrogens (tertiary/aromatic N) is 1. The van der Waals surface area contributed by atoms with E-state index in [0.717, 1.165) is 21.9 Å². The summed E-state index contributed by atoms with van der Waals surface area (Å²) in [7, 11) is 4.32. The summed E-state index contributed by atoms with van der Waals surface area (Å²) in [5, 5.41) is 12.2. The third-order valence-corrected chi connectivity index (χ3v) is 5.20. The highest BCUT2D eigenvalue weighted by Gasteiger charge is 2.50. The number of para-hydroxylation sites is 1. The molecule has 148 valence electrons. The van der Waals surface area contributed by atoms with Gasteiger partial charge in [-0.05, 0) is 22.4 Å². The van der Waals surface area contributed by atoms with Gasteiger partial charge >= 0.3 is 5.97 Å². The molecular formula is C24H23NO4. The first kappa shape index (κ1) is 20.4. The summed E-state index contributed by atoms with van der Waals surface area (Å²) in [4.78, 5) is 13.0. The zero-order chi connectivity index (χ0) is 20.9. The number of hydrogen-bond donors (Lipinski definition) is 0. The molecule has 0 heterocycles. The third kappa shape index (κ3) is 3.55. The fourth-order valence-electron chi connectivity index (χ4n) is 3.92. The van der Waals surface area contributed by atoms with Crippen molar-refractivity contribution in [1.82, 2.24) is 0 Å². The van der Waals surface area contributed by atoms with Crippen molar-refractivity contribution < 1.29 is 19.0 Å². The molecule has 0 spiro atoms. The molecule has 0 amide bonds. The minimum absolute atomic E-state index is 0.123. The second-order valence-electron chi connectivity index (χ2n) is 6.75. The molecule has 29 heavy (non-hydrogen) atoms. The van der Waals surface area contributed by atoms with E-state index >= 15 is 0 Å². The van der Waals surface area contributed by atoms with E-state index in [0.29, 0.717) is 5.75 Å². The van der Waals surface area contributed by atoms with Crippen LogP contribution in [0.4, 0.5) is 0 Å². The molecule has 3 aromatic carbocycles.